The number of allylic oxidation sites excluding steroid dienone is 2. The Balaban J connectivity index is 4.16. The number of ether oxygens (including phenoxy) is 3. The van der Waals surface area contributed by atoms with E-state index in [4.69, 9.17) is 14.2 Å². The van der Waals surface area contributed by atoms with Gasteiger partial charge in [-0.2, -0.15) is 0 Å². The van der Waals surface area contributed by atoms with Gasteiger partial charge in [-0.1, -0.05) is 283 Å². The summed E-state index contributed by atoms with van der Waals surface area (Å²) in [4.78, 5) is 38.0. The zero-order chi connectivity index (χ0) is 47.9. The molecule has 0 amide bonds. The van der Waals surface area contributed by atoms with E-state index in [0.717, 1.165) is 64.2 Å². The molecular weight excluding hydrogens is 817 g/mol. The molecule has 0 saturated carbocycles. The number of hydrogen-bond donors (Lipinski definition) is 0. The highest BCUT2D eigenvalue weighted by Crippen LogP contribution is 2.17. The van der Waals surface area contributed by atoms with Crippen molar-refractivity contribution in [3.05, 3.63) is 12.2 Å². The highest BCUT2D eigenvalue weighted by atomic mass is 16.6. The van der Waals surface area contributed by atoms with Crippen LogP contribution in [0.5, 0.6) is 0 Å². The summed E-state index contributed by atoms with van der Waals surface area (Å²) in [7, 11) is 0. The minimum atomic E-state index is -0.768. The van der Waals surface area contributed by atoms with Crippen LogP contribution in [0.1, 0.15) is 335 Å². The predicted molar refractivity (Wildman–Crippen MR) is 284 cm³/mol. The van der Waals surface area contributed by atoms with Crippen molar-refractivity contribution < 1.29 is 28.6 Å². The second-order valence-corrected chi connectivity index (χ2v) is 20.3. The number of unbranched alkanes of at least 4 members (excludes halogenated alkanes) is 42. The van der Waals surface area contributed by atoms with E-state index in [1.165, 1.54) is 231 Å². The Hall–Kier alpha value is -1.85. The summed E-state index contributed by atoms with van der Waals surface area (Å²) in [5.41, 5.74) is 0. The van der Waals surface area contributed by atoms with Gasteiger partial charge >= 0.3 is 17.9 Å². The maximum atomic E-state index is 12.8. The second kappa shape index (κ2) is 55.7. The average Bonchev–Trinajstić information content (AvgIpc) is 3.31. The molecule has 0 aromatic rings. The molecule has 0 aliphatic heterocycles. The lowest BCUT2D eigenvalue weighted by Crippen LogP contribution is -2.30. The molecule has 0 saturated heterocycles. The minimum absolute atomic E-state index is 0.0677. The Kier molecular flexibility index (Phi) is 54.2. The van der Waals surface area contributed by atoms with Gasteiger partial charge in [0.1, 0.15) is 13.2 Å². The Morgan fingerprint density at radius 1 is 0.288 bits per heavy atom. The van der Waals surface area contributed by atoms with E-state index < -0.39 is 6.10 Å². The molecule has 0 heterocycles. The van der Waals surface area contributed by atoms with Gasteiger partial charge in [-0.15, -0.1) is 0 Å². The first-order valence-electron chi connectivity index (χ1n) is 29.7. The summed E-state index contributed by atoms with van der Waals surface area (Å²) in [5.74, 6) is -0.856. The van der Waals surface area contributed by atoms with Gasteiger partial charge in [0, 0.05) is 19.3 Å². The number of carbonyl (C=O) groups excluding carboxylic acids is 3. The SMILES string of the molecule is CCCCCCC/C=C\CCCCCCCC(=O)OC(COC(=O)CCCCCCCCCCCC)COC(=O)CCCCCCCCCCCCCCCCCCCCCCCCCC. The predicted octanol–water partition coefficient (Wildman–Crippen LogP) is 19.7. The molecule has 0 aromatic carbocycles. The molecule has 0 spiro atoms. The van der Waals surface area contributed by atoms with Crippen LogP contribution in [0.2, 0.25) is 0 Å². The van der Waals surface area contributed by atoms with E-state index in [-0.39, 0.29) is 31.1 Å². The lowest BCUT2D eigenvalue weighted by molar-refractivity contribution is -0.167. The number of carbonyl (C=O) groups is 3. The smallest absolute Gasteiger partial charge is 0.306 e. The molecule has 0 N–H and O–H groups in total. The van der Waals surface area contributed by atoms with Gasteiger partial charge < -0.3 is 14.2 Å². The molecule has 66 heavy (non-hydrogen) atoms. The van der Waals surface area contributed by atoms with Crippen molar-refractivity contribution in [3.8, 4) is 0 Å². The zero-order valence-corrected chi connectivity index (χ0v) is 44.7. The van der Waals surface area contributed by atoms with Crippen molar-refractivity contribution in [1.29, 1.82) is 0 Å². The van der Waals surface area contributed by atoms with Crippen LogP contribution in [0.3, 0.4) is 0 Å². The third-order valence-corrected chi connectivity index (χ3v) is 13.5. The van der Waals surface area contributed by atoms with Crippen LogP contribution >= 0.6 is 0 Å². The number of esters is 3. The lowest BCUT2D eigenvalue weighted by Gasteiger charge is -2.18. The van der Waals surface area contributed by atoms with Gasteiger partial charge in [0.25, 0.3) is 0 Å². The average molecular weight is 932 g/mol. The van der Waals surface area contributed by atoms with Crippen molar-refractivity contribution in [2.24, 2.45) is 0 Å². The molecule has 0 aliphatic carbocycles. The first kappa shape index (κ1) is 64.2. The summed E-state index contributed by atoms with van der Waals surface area (Å²) in [6, 6.07) is 0. The fourth-order valence-corrected chi connectivity index (χ4v) is 9.03. The summed E-state index contributed by atoms with van der Waals surface area (Å²) < 4.78 is 16.8. The third-order valence-electron chi connectivity index (χ3n) is 13.5. The van der Waals surface area contributed by atoms with E-state index >= 15 is 0 Å². The molecule has 0 fully saturated rings. The molecule has 6 heteroatoms. The quantitative estimate of drug-likeness (QED) is 0.0262. The Morgan fingerprint density at radius 3 is 0.758 bits per heavy atom. The summed E-state index contributed by atoms with van der Waals surface area (Å²) >= 11 is 0. The minimum Gasteiger partial charge on any atom is -0.462 e. The first-order chi connectivity index (χ1) is 32.5. The van der Waals surface area contributed by atoms with Crippen molar-refractivity contribution >= 4 is 17.9 Å². The molecule has 1 unspecified atom stereocenters. The lowest BCUT2D eigenvalue weighted by atomic mass is 10.0. The molecule has 0 aromatic heterocycles. The van der Waals surface area contributed by atoms with Crippen LogP contribution in [0, 0.1) is 0 Å². The molecule has 0 rings (SSSR count). The van der Waals surface area contributed by atoms with Gasteiger partial charge in [-0.3, -0.25) is 14.4 Å². The normalized spacial score (nSPS) is 12.0. The number of rotatable bonds is 55. The molecule has 0 aliphatic rings. The summed E-state index contributed by atoms with van der Waals surface area (Å²) in [5, 5.41) is 0. The van der Waals surface area contributed by atoms with Crippen LogP contribution in [0.4, 0.5) is 0 Å². The number of hydrogen-bond acceptors (Lipinski definition) is 6. The van der Waals surface area contributed by atoms with Crippen molar-refractivity contribution in [3.63, 3.8) is 0 Å². The Labute approximate surface area is 411 Å². The van der Waals surface area contributed by atoms with Gasteiger partial charge in [-0.05, 0) is 44.9 Å². The maximum absolute atomic E-state index is 12.8. The molecule has 390 valence electrons. The largest absolute Gasteiger partial charge is 0.462 e. The van der Waals surface area contributed by atoms with E-state index in [0.29, 0.717) is 19.3 Å². The van der Waals surface area contributed by atoms with E-state index in [2.05, 4.69) is 32.9 Å². The molecule has 1 atom stereocenters. The third kappa shape index (κ3) is 53.1. The highest BCUT2D eigenvalue weighted by Gasteiger charge is 2.19. The van der Waals surface area contributed by atoms with Crippen LogP contribution in [0.25, 0.3) is 0 Å². The van der Waals surface area contributed by atoms with Gasteiger partial charge in [0.15, 0.2) is 6.10 Å². The summed E-state index contributed by atoms with van der Waals surface area (Å²) in [6.07, 6.45) is 63.6. The summed E-state index contributed by atoms with van der Waals surface area (Å²) in [6.45, 7) is 6.67. The maximum Gasteiger partial charge on any atom is 0.306 e. The van der Waals surface area contributed by atoms with Crippen molar-refractivity contribution in [1.82, 2.24) is 0 Å². The standard InChI is InChI=1S/C60H114O6/c1-4-7-10-13-16-19-22-24-26-27-28-29-30-31-32-33-34-35-37-38-41-44-47-50-53-59(62)65-56-57(55-64-58(61)52-49-46-43-40-21-18-15-12-9-6-3)66-60(63)54-51-48-45-42-39-36-25-23-20-17-14-11-8-5-2/h23,25,57H,4-22,24,26-56H2,1-3H3/b25-23-. The van der Waals surface area contributed by atoms with E-state index in [1.54, 1.807) is 0 Å². The fourth-order valence-electron chi connectivity index (χ4n) is 9.03. The highest BCUT2D eigenvalue weighted by molar-refractivity contribution is 5.71. The van der Waals surface area contributed by atoms with E-state index in [9.17, 15) is 14.4 Å². The Morgan fingerprint density at radius 2 is 0.500 bits per heavy atom. The van der Waals surface area contributed by atoms with Gasteiger partial charge in [0.2, 0.25) is 0 Å². The second-order valence-electron chi connectivity index (χ2n) is 20.3. The molecule has 0 bridgehead atoms. The molecular formula is C60H114O6. The van der Waals surface area contributed by atoms with Crippen molar-refractivity contribution in [2.75, 3.05) is 13.2 Å². The Bertz CT molecular complexity index is 1020. The monoisotopic (exact) mass is 931 g/mol. The topological polar surface area (TPSA) is 78.9 Å². The van der Waals surface area contributed by atoms with Crippen LogP contribution in [-0.4, -0.2) is 37.2 Å². The first-order valence-corrected chi connectivity index (χ1v) is 29.7. The fraction of sp³-hybridized carbons (Fsp3) is 0.917. The van der Waals surface area contributed by atoms with Crippen LogP contribution in [-0.2, 0) is 28.6 Å². The van der Waals surface area contributed by atoms with E-state index in [1.807, 2.05) is 0 Å². The zero-order valence-electron chi connectivity index (χ0n) is 44.7. The molecule has 0 radical (unpaired) electrons. The van der Waals surface area contributed by atoms with Gasteiger partial charge in [-0.25, -0.2) is 0 Å². The van der Waals surface area contributed by atoms with Crippen LogP contribution in [0.15, 0.2) is 12.2 Å². The van der Waals surface area contributed by atoms with Crippen LogP contribution < -0.4 is 0 Å². The molecule has 6 nitrogen and oxygen atoms in total. The van der Waals surface area contributed by atoms with Gasteiger partial charge in [0.05, 0.1) is 0 Å². The van der Waals surface area contributed by atoms with Crippen molar-refractivity contribution in [2.45, 2.75) is 341 Å².